The maximum absolute atomic E-state index is 4.25. The Morgan fingerprint density at radius 1 is 1.20 bits per heavy atom. The average molecular weight is 309 g/mol. The normalized spacial score (nSPS) is 1.80. The van der Waals surface area contributed by atoms with E-state index in [-0.39, 0.29) is 17.1 Å². The molecule has 0 saturated heterocycles. The van der Waals surface area contributed by atoms with Gasteiger partial charge in [0.05, 0.1) is 0 Å². The summed E-state index contributed by atoms with van der Waals surface area (Å²) in [4.78, 5) is 0. The molecule has 0 aromatic rings. The fourth-order valence-electron chi connectivity index (χ4n) is 0. The summed E-state index contributed by atoms with van der Waals surface area (Å²) in [5, 5.41) is 0. The minimum atomic E-state index is 0. The van der Waals surface area contributed by atoms with Crippen molar-refractivity contribution in [3.8, 4) is 0 Å². The van der Waals surface area contributed by atoms with Crippen LogP contribution in [-0.2, 0) is 33.6 Å². The summed E-state index contributed by atoms with van der Waals surface area (Å²) in [6, 6.07) is 0. The predicted octanol–water partition coefficient (Wildman–Crippen LogP) is 0.643. The van der Waals surface area contributed by atoms with Gasteiger partial charge in [-0.25, -0.2) is 0 Å². The van der Waals surface area contributed by atoms with Gasteiger partial charge in [-0.2, -0.15) is 0 Å². The van der Waals surface area contributed by atoms with Gasteiger partial charge in [0.1, 0.15) is 0 Å². The van der Waals surface area contributed by atoms with Crippen molar-refractivity contribution in [3.05, 3.63) is 0 Å². The zero-order valence-corrected chi connectivity index (χ0v) is 12.1. The monoisotopic (exact) mass is 307 g/mol. The molecule has 0 heterocycles. The Morgan fingerprint density at radius 3 is 1.20 bits per heavy atom. The molecule has 0 spiro atoms. The molecule has 29 valence electrons. The van der Waals surface area contributed by atoms with Gasteiger partial charge in [0.15, 0.2) is 0 Å². The summed E-state index contributed by atoms with van der Waals surface area (Å²) in [5.74, 6) is 0. The summed E-state index contributed by atoms with van der Waals surface area (Å²) in [6.07, 6.45) is 0. The van der Waals surface area contributed by atoms with Crippen molar-refractivity contribution >= 4 is 41.4 Å². The van der Waals surface area contributed by atoms with Crippen LogP contribution in [0.1, 0.15) is 0 Å². The molecule has 5 heavy (non-hydrogen) atoms. The van der Waals surface area contributed by atoms with Crippen LogP contribution in [0.2, 0.25) is 0 Å². The Hall–Kier alpha value is 2.45. The van der Waals surface area contributed by atoms with Crippen LogP contribution < -0.4 is 0 Å². The van der Waals surface area contributed by atoms with Gasteiger partial charge in [-0.3, -0.25) is 0 Å². The van der Waals surface area contributed by atoms with Gasteiger partial charge in [0, 0.05) is 17.1 Å². The van der Waals surface area contributed by atoms with Gasteiger partial charge in [0.25, 0.3) is 0 Å². The van der Waals surface area contributed by atoms with Crippen LogP contribution in [0.5, 0.6) is 0 Å². The number of hydrogen-bond acceptors (Lipinski definition) is 2. The Labute approximate surface area is 73.8 Å². The molecule has 0 rings (SSSR count). The summed E-state index contributed by atoms with van der Waals surface area (Å²) in [6.45, 7) is 0. The Bertz CT molecular complexity index is 11.6. The van der Waals surface area contributed by atoms with E-state index in [1.165, 1.54) is 0 Å². The molecule has 0 aliphatic rings. The molecule has 0 fully saturated rings. The third-order valence-electron chi connectivity index (χ3n) is 0. The van der Waals surface area contributed by atoms with Crippen molar-refractivity contribution in [1.82, 2.24) is 0 Å². The molecule has 1 radical (unpaired) electrons. The zero-order chi connectivity index (χ0) is 4.00. The molecule has 0 unspecified atom stereocenters. The first kappa shape index (κ1) is 15.7. The molecular weight excluding hydrogens is 308 g/mol. The molecule has 0 aliphatic heterocycles. The van der Waals surface area contributed by atoms with Crippen LogP contribution in [0.3, 0.4) is 0 Å². The second kappa shape index (κ2) is 31.9. The zero-order valence-electron chi connectivity index (χ0n) is 2.53. The quantitative estimate of drug-likeness (QED) is 0.603. The van der Waals surface area contributed by atoms with Crippen LogP contribution in [0.15, 0.2) is 0 Å². The SMILES string of the molecule is [Cu].[S]=[InH].[S]=[Zn]. The van der Waals surface area contributed by atoms with Crippen LogP contribution in [0.4, 0.5) is 0 Å². The van der Waals surface area contributed by atoms with Gasteiger partial charge in [0.2, 0.25) is 0 Å². The van der Waals surface area contributed by atoms with Crippen LogP contribution in [0, 0.1) is 0 Å². The minimum absolute atomic E-state index is 0. The molecule has 0 nitrogen and oxygen atoms in total. The summed E-state index contributed by atoms with van der Waals surface area (Å²) in [5.41, 5.74) is 0. The van der Waals surface area contributed by atoms with E-state index in [2.05, 4.69) is 19.0 Å². The molecule has 0 saturated carbocycles. The van der Waals surface area contributed by atoms with Crippen LogP contribution in [0.25, 0.3) is 0 Å². The number of rotatable bonds is 0. The van der Waals surface area contributed by atoms with E-state index in [1.54, 1.807) is 0 Å². The summed E-state index contributed by atoms with van der Waals surface area (Å²) in [7, 11) is 8.46. The third kappa shape index (κ3) is 21.3. The first-order chi connectivity index (χ1) is 2.00. The van der Waals surface area contributed by atoms with E-state index >= 15 is 0 Å². The second-order valence-electron chi connectivity index (χ2n) is 0. The van der Waals surface area contributed by atoms with Gasteiger partial charge < -0.3 is 0 Å². The summed E-state index contributed by atoms with van der Waals surface area (Å²) >= 11 is 1.69. The molecule has 0 atom stereocenters. The first-order valence-corrected chi connectivity index (χ1v) is 10.3. The van der Waals surface area contributed by atoms with E-state index in [4.69, 9.17) is 0 Å². The van der Waals surface area contributed by atoms with Crippen LogP contribution >= 0.6 is 19.0 Å². The Morgan fingerprint density at radius 2 is 1.20 bits per heavy atom. The van der Waals surface area contributed by atoms with E-state index in [9.17, 15) is 0 Å². The molecule has 0 bridgehead atoms. The van der Waals surface area contributed by atoms with Gasteiger partial charge >= 0.3 is 57.9 Å². The first-order valence-electron chi connectivity index (χ1n) is 0.577. The molecule has 0 aromatic carbocycles. The Balaban J connectivity index is -0.0000000133. The van der Waals surface area contributed by atoms with E-state index in [0.717, 1.165) is 38.9 Å². The van der Waals surface area contributed by atoms with Gasteiger partial charge in [-0.05, 0) is 0 Å². The number of hydrogen-bond donors (Lipinski definition) is 0. The van der Waals surface area contributed by atoms with Crippen molar-refractivity contribution in [2.24, 2.45) is 0 Å². The maximum atomic E-state index is 4.25. The predicted molar refractivity (Wildman–Crippen MR) is 22.3 cm³/mol. The van der Waals surface area contributed by atoms with Crippen LogP contribution in [-0.4, -0.2) is 22.4 Å². The summed E-state index contributed by atoms with van der Waals surface area (Å²) < 4.78 is 0. The third-order valence-corrected chi connectivity index (χ3v) is 0. The fourth-order valence-corrected chi connectivity index (χ4v) is 0. The fraction of sp³-hybridized carbons (Fsp3) is 0. The Kier molecular flexibility index (Phi) is 99.8. The molecule has 0 aromatic heterocycles. The van der Waals surface area contributed by atoms with E-state index in [0.29, 0.717) is 0 Å². The van der Waals surface area contributed by atoms with E-state index < -0.39 is 0 Å². The molecule has 0 amide bonds. The van der Waals surface area contributed by atoms with Crippen molar-refractivity contribution in [1.29, 1.82) is 0 Å². The molecule has 0 aliphatic carbocycles. The average Bonchev–Trinajstić information content (AvgIpc) is 1.50. The van der Waals surface area contributed by atoms with Crippen molar-refractivity contribution in [2.75, 3.05) is 0 Å². The van der Waals surface area contributed by atoms with Crippen molar-refractivity contribution < 1.29 is 33.6 Å². The van der Waals surface area contributed by atoms with E-state index in [1.807, 2.05) is 0 Å². The topological polar surface area (TPSA) is 0 Å². The van der Waals surface area contributed by atoms with Crippen molar-refractivity contribution in [3.63, 3.8) is 0 Å². The standard InChI is InChI=1S/Cu.In.2S.Zn.H. The molecule has 0 N–H and O–H groups in total. The molecule has 5 heteroatoms. The van der Waals surface area contributed by atoms with Gasteiger partial charge in [-0.15, -0.1) is 0 Å². The molecular formula is HCuInS2Zn. The van der Waals surface area contributed by atoms with Crippen molar-refractivity contribution in [2.45, 2.75) is 0 Å². The second-order valence-corrected chi connectivity index (χ2v) is 0. The van der Waals surface area contributed by atoms with Gasteiger partial charge in [-0.1, -0.05) is 0 Å².